The summed E-state index contributed by atoms with van der Waals surface area (Å²) < 4.78 is 64.8. The number of hydrogen-bond donors (Lipinski definition) is 0. The quantitative estimate of drug-likeness (QED) is 0.439. The van der Waals surface area contributed by atoms with Crippen molar-refractivity contribution in [3.8, 4) is 0 Å². The predicted molar refractivity (Wildman–Crippen MR) is 101 cm³/mol. The van der Waals surface area contributed by atoms with Crippen LogP contribution in [0.4, 0.5) is 0 Å². The average Bonchev–Trinajstić information content (AvgIpc) is 2.39. The van der Waals surface area contributed by atoms with Crippen LogP contribution in [0.3, 0.4) is 0 Å². The van der Waals surface area contributed by atoms with Gasteiger partial charge in [-0.05, 0) is 45.4 Å². The number of carbonyl (C=O) groups is 1. The number of esters is 1. The molecule has 0 aliphatic heterocycles. The van der Waals surface area contributed by atoms with E-state index in [9.17, 15) is 21.6 Å². The fourth-order valence-corrected chi connectivity index (χ4v) is 7.25. The Morgan fingerprint density at radius 3 is 1.68 bits per heavy atom. The Morgan fingerprint density at radius 2 is 1.29 bits per heavy atom. The molecule has 0 aromatic carbocycles. The van der Waals surface area contributed by atoms with E-state index in [-0.39, 0.29) is 31.1 Å². The standard InChI is InChI=1S/C18H30O8S2/c1-6-15(2,3)14(19)24-16-7-13-8-17(10-16,25-27(4,20)21)12-18(9-13,11-16)26-28(5,22)23/h13H,6-12H2,1-5H3. The van der Waals surface area contributed by atoms with Crippen LogP contribution >= 0.6 is 0 Å². The van der Waals surface area contributed by atoms with Crippen molar-refractivity contribution < 1.29 is 34.7 Å². The maximum Gasteiger partial charge on any atom is 0.312 e. The Morgan fingerprint density at radius 1 is 0.893 bits per heavy atom. The van der Waals surface area contributed by atoms with Gasteiger partial charge in [0, 0.05) is 19.3 Å². The van der Waals surface area contributed by atoms with Gasteiger partial charge in [-0.25, -0.2) is 0 Å². The molecule has 0 saturated heterocycles. The van der Waals surface area contributed by atoms with E-state index in [0.29, 0.717) is 25.7 Å². The summed E-state index contributed by atoms with van der Waals surface area (Å²) in [6.07, 6.45) is 4.66. The van der Waals surface area contributed by atoms with Crippen LogP contribution in [0.15, 0.2) is 0 Å². The van der Waals surface area contributed by atoms with Gasteiger partial charge in [0.2, 0.25) is 0 Å². The summed E-state index contributed by atoms with van der Waals surface area (Å²) >= 11 is 0. The van der Waals surface area contributed by atoms with Gasteiger partial charge in [0.05, 0.1) is 29.1 Å². The Hall–Kier alpha value is -0.710. The summed E-state index contributed by atoms with van der Waals surface area (Å²) in [5.41, 5.74) is -3.92. The number of rotatable bonds is 7. The first-order valence-electron chi connectivity index (χ1n) is 9.55. The number of hydrogen-bond acceptors (Lipinski definition) is 8. The second kappa shape index (κ2) is 6.39. The molecule has 0 spiro atoms. The zero-order chi connectivity index (χ0) is 21.2. The van der Waals surface area contributed by atoms with Crippen molar-refractivity contribution in [3.05, 3.63) is 0 Å². The van der Waals surface area contributed by atoms with E-state index in [1.165, 1.54) is 0 Å². The van der Waals surface area contributed by atoms with Crippen LogP contribution in [-0.4, -0.2) is 52.1 Å². The van der Waals surface area contributed by atoms with E-state index in [0.717, 1.165) is 12.5 Å². The van der Waals surface area contributed by atoms with Crippen LogP contribution < -0.4 is 0 Å². The van der Waals surface area contributed by atoms with Gasteiger partial charge in [-0.2, -0.15) is 16.8 Å². The minimum atomic E-state index is -3.79. The third-order valence-corrected chi connectivity index (χ3v) is 7.63. The Bertz CT molecular complexity index is 823. The second-order valence-electron chi connectivity index (χ2n) is 9.76. The van der Waals surface area contributed by atoms with Crippen molar-refractivity contribution >= 4 is 26.2 Å². The van der Waals surface area contributed by atoms with Crippen molar-refractivity contribution in [3.63, 3.8) is 0 Å². The summed E-state index contributed by atoms with van der Waals surface area (Å²) in [6.45, 7) is 5.48. The molecule has 0 amide bonds. The van der Waals surface area contributed by atoms with Crippen LogP contribution in [0.5, 0.6) is 0 Å². The fourth-order valence-electron chi connectivity index (χ4n) is 5.60. The van der Waals surface area contributed by atoms with Crippen molar-refractivity contribution in [2.24, 2.45) is 11.3 Å². The molecule has 2 atom stereocenters. The zero-order valence-corrected chi connectivity index (χ0v) is 18.7. The van der Waals surface area contributed by atoms with E-state index in [2.05, 4.69) is 0 Å². The molecule has 0 N–H and O–H groups in total. The zero-order valence-electron chi connectivity index (χ0n) is 17.1. The van der Waals surface area contributed by atoms with Crippen LogP contribution in [0.1, 0.15) is 65.7 Å². The van der Waals surface area contributed by atoms with E-state index in [1.54, 1.807) is 13.8 Å². The highest BCUT2D eigenvalue weighted by atomic mass is 32.2. The van der Waals surface area contributed by atoms with Gasteiger partial charge in [-0.1, -0.05) is 6.92 Å². The summed E-state index contributed by atoms with van der Waals surface area (Å²) in [7, 11) is -7.58. The van der Waals surface area contributed by atoms with E-state index < -0.39 is 42.5 Å². The summed E-state index contributed by atoms with van der Waals surface area (Å²) in [6, 6.07) is 0. The van der Waals surface area contributed by atoms with Gasteiger partial charge < -0.3 is 4.74 Å². The second-order valence-corrected chi connectivity index (χ2v) is 12.9. The Balaban J connectivity index is 2.01. The van der Waals surface area contributed by atoms with Gasteiger partial charge in [0.15, 0.2) is 0 Å². The maximum absolute atomic E-state index is 12.8. The largest absolute Gasteiger partial charge is 0.458 e. The van der Waals surface area contributed by atoms with Gasteiger partial charge >= 0.3 is 5.97 Å². The van der Waals surface area contributed by atoms with Crippen molar-refractivity contribution in [2.45, 2.75) is 82.5 Å². The molecule has 4 saturated carbocycles. The van der Waals surface area contributed by atoms with Crippen LogP contribution in [0.2, 0.25) is 0 Å². The third kappa shape index (κ3) is 4.39. The topological polar surface area (TPSA) is 113 Å². The highest BCUT2D eigenvalue weighted by Gasteiger charge is 2.68. The van der Waals surface area contributed by atoms with Crippen molar-refractivity contribution in [1.29, 1.82) is 0 Å². The summed E-state index contributed by atoms with van der Waals surface area (Å²) in [4.78, 5) is 12.8. The van der Waals surface area contributed by atoms with E-state index in [1.807, 2.05) is 6.92 Å². The highest BCUT2D eigenvalue weighted by Crippen LogP contribution is 2.63. The minimum absolute atomic E-state index is 0.0442. The molecule has 8 nitrogen and oxygen atoms in total. The molecule has 10 heteroatoms. The molecule has 0 aromatic heterocycles. The first-order chi connectivity index (χ1) is 12.5. The lowest BCUT2D eigenvalue weighted by Crippen LogP contribution is -2.69. The first-order valence-corrected chi connectivity index (χ1v) is 13.2. The monoisotopic (exact) mass is 438 g/mol. The smallest absolute Gasteiger partial charge is 0.312 e. The fraction of sp³-hybridized carbons (Fsp3) is 0.944. The normalized spacial score (nSPS) is 37.8. The number of ether oxygens (including phenoxy) is 1. The lowest BCUT2D eigenvalue weighted by molar-refractivity contribution is -0.249. The van der Waals surface area contributed by atoms with E-state index in [4.69, 9.17) is 13.1 Å². The maximum atomic E-state index is 12.8. The first kappa shape index (κ1) is 22.0. The molecule has 4 bridgehead atoms. The molecule has 4 rings (SSSR count). The van der Waals surface area contributed by atoms with Gasteiger partial charge in [0.1, 0.15) is 5.60 Å². The number of carbonyl (C=O) groups excluding carboxylic acids is 1. The molecule has 4 aliphatic carbocycles. The van der Waals surface area contributed by atoms with Gasteiger partial charge in [0.25, 0.3) is 20.2 Å². The van der Waals surface area contributed by atoms with Crippen molar-refractivity contribution in [2.75, 3.05) is 12.5 Å². The SMILES string of the molecule is CCC(C)(C)C(=O)OC12CC3CC(OS(C)(=O)=O)(C1)CC(OS(C)(=O)=O)(C3)C2. The van der Waals surface area contributed by atoms with Crippen LogP contribution in [0, 0.1) is 11.3 Å². The molecule has 0 aromatic rings. The van der Waals surface area contributed by atoms with E-state index >= 15 is 0 Å². The molecule has 0 heterocycles. The molecule has 28 heavy (non-hydrogen) atoms. The van der Waals surface area contributed by atoms with Gasteiger partial charge in [-0.15, -0.1) is 0 Å². The minimum Gasteiger partial charge on any atom is -0.458 e. The predicted octanol–water partition coefficient (Wildman–Crippen LogP) is 2.13. The average molecular weight is 439 g/mol. The molecule has 162 valence electrons. The summed E-state index contributed by atoms with van der Waals surface area (Å²) in [5, 5.41) is 0. The molecular weight excluding hydrogens is 408 g/mol. The lowest BCUT2D eigenvalue weighted by Gasteiger charge is -2.63. The molecule has 0 radical (unpaired) electrons. The third-order valence-electron chi connectivity index (χ3n) is 6.32. The van der Waals surface area contributed by atoms with Gasteiger partial charge in [-0.3, -0.25) is 13.2 Å². The Labute approximate surface area is 167 Å². The van der Waals surface area contributed by atoms with Crippen molar-refractivity contribution in [1.82, 2.24) is 0 Å². The lowest BCUT2D eigenvalue weighted by atomic mass is 9.50. The molecule has 2 unspecified atom stereocenters. The highest BCUT2D eigenvalue weighted by molar-refractivity contribution is 7.86. The molecule has 4 aliphatic rings. The van der Waals surface area contributed by atoms with Crippen LogP contribution in [-0.2, 0) is 38.1 Å². The Kier molecular flexibility index (Phi) is 5.02. The molecule has 4 fully saturated rings. The van der Waals surface area contributed by atoms with Crippen LogP contribution in [0.25, 0.3) is 0 Å². The summed E-state index contributed by atoms with van der Waals surface area (Å²) in [5.74, 6) is -0.418. The molecular formula is C18H30O8S2.